The first kappa shape index (κ1) is 15.6. The minimum Gasteiger partial charge on any atom is -0.348 e. The topological polar surface area (TPSA) is 72.2 Å². The number of nitro benzene ring substituents is 1. The van der Waals surface area contributed by atoms with Crippen LogP contribution in [0.15, 0.2) is 24.3 Å². The Morgan fingerprint density at radius 1 is 1.37 bits per heavy atom. The van der Waals surface area contributed by atoms with Crippen LogP contribution in [0, 0.1) is 16.0 Å². The number of carbonyl (C=O) groups is 1. The summed E-state index contributed by atoms with van der Waals surface area (Å²) in [5.74, 6) is 0.278. The molecule has 5 nitrogen and oxygen atoms in total. The fraction of sp³-hybridized carbons (Fsp3) is 0.462. The number of non-ortho nitro benzene ring substituents is 1. The van der Waals surface area contributed by atoms with E-state index in [2.05, 4.69) is 35.1 Å². The van der Waals surface area contributed by atoms with Gasteiger partial charge >= 0.3 is 0 Å². The predicted octanol–water partition coefficient (Wildman–Crippen LogP) is 3.13. The Labute approximate surface area is 120 Å². The molecule has 0 aromatic heterocycles. The molecule has 1 aromatic rings. The Bertz CT molecular complexity index is 446. The third-order valence-electron chi connectivity index (χ3n) is 2.62. The zero-order valence-electron chi connectivity index (χ0n) is 10.9. The van der Waals surface area contributed by atoms with Crippen molar-refractivity contribution >= 4 is 27.5 Å². The van der Waals surface area contributed by atoms with Crippen molar-refractivity contribution in [1.29, 1.82) is 0 Å². The van der Waals surface area contributed by atoms with Crippen LogP contribution < -0.4 is 5.32 Å². The largest absolute Gasteiger partial charge is 0.348 e. The van der Waals surface area contributed by atoms with Crippen LogP contribution in [0.25, 0.3) is 0 Å². The number of nitrogens with zero attached hydrogens (tertiary/aromatic N) is 1. The van der Waals surface area contributed by atoms with E-state index in [0.29, 0.717) is 16.8 Å². The van der Waals surface area contributed by atoms with E-state index < -0.39 is 4.92 Å². The molecule has 0 spiro atoms. The fourth-order valence-corrected chi connectivity index (χ4v) is 2.16. The Morgan fingerprint density at radius 3 is 2.37 bits per heavy atom. The highest BCUT2D eigenvalue weighted by molar-refractivity contribution is 9.09. The molecule has 19 heavy (non-hydrogen) atoms. The number of benzene rings is 1. The number of nitrogens with one attached hydrogen (secondary N) is 1. The van der Waals surface area contributed by atoms with E-state index >= 15 is 0 Å². The Kier molecular flexibility index (Phi) is 5.95. The zero-order chi connectivity index (χ0) is 14.4. The number of hydrogen-bond acceptors (Lipinski definition) is 3. The molecule has 1 N–H and O–H groups in total. The van der Waals surface area contributed by atoms with Crippen LogP contribution in [0.1, 0.15) is 30.6 Å². The van der Waals surface area contributed by atoms with Gasteiger partial charge in [0.1, 0.15) is 0 Å². The number of amides is 1. The van der Waals surface area contributed by atoms with Crippen molar-refractivity contribution in [2.24, 2.45) is 5.92 Å². The molecule has 0 saturated carbocycles. The Morgan fingerprint density at radius 2 is 1.95 bits per heavy atom. The van der Waals surface area contributed by atoms with E-state index in [0.717, 1.165) is 6.42 Å². The molecule has 0 aliphatic rings. The van der Waals surface area contributed by atoms with Crippen LogP contribution in [-0.2, 0) is 0 Å². The standard InChI is InChI=1S/C13H17BrN2O3/c1-9(2)7-11(8-14)15-13(17)10-3-5-12(6-4-10)16(18)19/h3-6,9,11H,7-8H2,1-2H3,(H,15,17). The van der Waals surface area contributed by atoms with Crippen LogP contribution in [0.2, 0.25) is 0 Å². The molecule has 0 aliphatic carbocycles. The van der Waals surface area contributed by atoms with Crippen molar-refractivity contribution in [3.05, 3.63) is 39.9 Å². The second-order valence-corrected chi connectivity index (χ2v) is 5.41. The summed E-state index contributed by atoms with van der Waals surface area (Å²) in [6.07, 6.45) is 0.879. The molecule has 1 aromatic carbocycles. The Balaban J connectivity index is 2.69. The molecule has 0 heterocycles. The third kappa shape index (κ3) is 4.98. The molecule has 0 aliphatic heterocycles. The van der Waals surface area contributed by atoms with Crippen LogP contribution in [0.4, 0.5) is 5.69 Å². The van der Waals surface area contributed by atoms with E-state index in [4.69, 9.17) is 0 Å². The lowest BCUT2D eigenvalue weighted by atomic mass is 10.0. The van der Waals surface area contributed by atoms with Gasteiger partial charge in [0.05, 0.1) is 4.92 Å². The van der Waals surface area contributed by atoms with E-state index in [1.54, 1.807) is 0 Å². The van der Waals surface area contributed by atoms with Gasteiger partial charge < -0.3 is 5.32 Å². The molecule has 104 valence electrons. The zero-order valence-corrected chi connectivity index (χ0v) is 12.5. The summed E-state index contributed by atoms with van der Waals surface area (Å²) in [6, 6.07) is 5.66. The molecule has 6 heteroatoms. The minimum atomic E-state index is -0.484. The second kappa shape index (κ2) is 7.23. The van der Waals surface area contributed by atoms with Crippen LogP contribution in [-0.4, -0.2) is 22.2 Å². The highest BCUT2D eigenvalue weighted by atomic mass is 79.9. The predicted molar refractivity (Wildman–Crippen MR) is 77.6 cm³/mol. The normalized spacial score (nSPS) is 12.2. The number of rotatable bonds is 6. The van der Waals surface area contributed by atoms with Crippen molar-refractivity contribution < 1.29 is 9.72 Å². The maximum atomic E-state index is 12.0. The molecule has 1 amide bonds. The average Bonchev–Trinajstić information content (AvgIpc) is 2.37. The summed E-state index contributed by atoms with van der Waals surface area (Å²) in [6.45, 7) is 4.18. The summed E-state index contributed by atoms with van der Waals surface area (Å²) >= 11 is 3.37. The van der Waals surface area contributed by atoms with Gasteiger partial charge in [-0.15, -0.1) is 0 Å². The van der Waals surface area contributed by atoms with Crippen molar-refractivity contribution in [1.82, 2.24) is 5.32 Å². The van der Waals surface area contributed by atoms with Crippen LogP contribution in [0.3, 0.4) is 0 Å². The number of carbonyl (C=O) groups excluding carboxylic acids is 1. The van der Waals surface area contributed by atoms with E-state index in [1.165, 1.54) is 24.3 Å². The SMILES string of the molecule is CC(C)CC(CBr)NC(=O)c1ccc([N+](=O)[O-])cc1. The summed E-state index contributed by atoms with van der Waals surface area (Å²) in [7, 11) is 0. The van der Waals surface area contributed by atoms with Gasteiger partial charge in [0, 0.05) is 29.1 Å². The van der Waals surface area contributed by atoms with Crippen molar-refractivity contribution in [3.63, 3.8) is 0 Å². The molecule has 1 unspecified atom stereocenters. The molecular formula is C13H17BrN2O3. The number of alkyl halides is 1. The quantitative estimate of drug-likeness (QED) is 0.495. The van der Waals surface area contributed by atoms with Gasteiger partial charge in [-0.3, -0.25) is 14.9 Å². The average molecular weight is 329 g/mol. The number of nitro groups is 1. The lowest BCUT2D eigenvalue weighted by molar-refractivity contribution is -0.384. The minimum absolute atomic E-state index is 0.0178. The van der Waals surface area contributed by atoms with E-state index in [9.17, 15) is 14.9 Å². The van der Waals surface area contributed by atoms with Gasteiger partial charge in [-0.2, -0.15) is 0 Å². The number of halogens is 1. The van der Waals surface area contributed by atoms with Gasteiger partial charge in [0.2, 0.25) is 0 Å². The second-order valence-electron chi connectivity index (χ2n) is 4.76. The maximum absolute atomic E-state index is 12.0. The van der Waals surface area contributed by atoms with Crippen molar-refractivity contribution in [2.75, 3.05) is 5.33 Å². The fourth-order valence-electron chi connectivity index (χ4n) is 1.73. The summed E-state index contributed by atoms with van der Waals surface area (Å²) in [5, 5.41) is 14.1. The van der Waals surface area contributed by atoms with E-state index in [-0.39, 0.29) is 17.6 Å². The van der Waals surface area contributed by atoms with Gasteiger partial charge in [-0.05, 0) is 24.5 Å². The first-order valence-corrected chi connectivity index (χ1v) is 7.17. The molecule has 1 rings (SSSR count). The molecule has 0 fully saturated rings. The monoisotopic (exact) mass is 328 g/mol. The van der Waals surface area contributed by atoms with Crippen LogP contribution >= 0.6 is 15.9 Å². The van der Waals surface area contributed by atoms with Gasteiger partial charge in [0.15, 0.2) is 0 Å². The van der Waals surface area contributed by atoms with Crippen molar-refractivity contribution in [2.45, 2.75) is 26.3 Å². The third-order valence-corrected chi connectivity index (χ3v) is 3.40. The molecular weight excluding hydrogens is 312 g/mol. The smallest absolute Gasteiger partial charge is 0.269 e. The maximum Gasteiger partial charge on any atom is 0.269 e. The van der Waals surface area contributed by atoms with Crippen molar-refractivity contribution in [3.8, 4) is 0 Å². The first-order valence-electron chi connectivity index (χ1n) is 6.05. The van der Waals surface area contributed by atoms with E-state index in [1.807, 2.05) is 0 Å². The lowest BCUT2D eigenvalue weighted by Gasteiger charge is -2.18. The highest BCUT2D eigenvalue weighted by Gasteiger charge is 2.15. The molecule has 0 radical (unpaired) electrons. The van der Waals surface area contributed by atoms with Crippen LogP contribution in [0.5, 0.6) is 0 Å². The van der Waals surface area contributed by atoms with Gasteiger partial charge in [0.25, 0.3) is 11.6 Å². The Hall–Kier alpha value is -1.43. The summed E-state index contributed by atoms with van der Waals surface area (Å²) in [5.41, 5.74) is 0.413. The molecule has 0 bridgehead atoms. The number of hydrogen-bond donors (Lipinski definition) is 1. The molecule has 0 saturated heterocycles. The van der Waals surface area contributed by atoms with Gasteiger partial charge in [-0.1, -0.05) is 29.8 Å². The highest BCUT2D eigenvalue weighted by Crippen LogP contribution is 2.13. The summed E-state index contributed by atoms with van der Waals surface area (Å²) in [4.78, 5) is 22.0. The first-order chi connectivity index (χ1) is 8.93. The lowest BCUT2D eigenvalue weighted by Crippen LogP contribution is -2.37. The van der Waals surface area contributed by atoms with Gasteiger partial charge in [-0.25, -0.2) is 0 Å². The summed E-state index contributed by atoms with van der Waals surface area (Å²) < 4.78 is 0. The molecule has 1 atom stereocenters.